The number of hydrogen-bond acceptors (Lipinski definition) is 4. The van der Waals surface area contributed by atoms with Gasteiger partial charge < -0.3 is 5.11 Å². The largest absolute Gasteiger partial charge is 0.388 e. The highest BCUT2D eigenvalue weighted by molar-refractivity contribution is 5.89. The number of carbonyl (C=O) groups excluding carboxylic acids is 1. The van der Waals surface area contributed by atoms with Crippen LogP contribution < -0.4 is 5.32 Å². The topological polar surface area (TPSA) is 80.0 Å². The molecular formula is C18H17FN4O2. The predicted octanol–water partition coefficient (Wildman–Crippen LogP) is 2.53. The maximum Gasteiger partial charge on any atom is 0.231 e. The zero-order valence-electron chi connectivity index (χ0n) is 13.3. The van der Waals surface area contributed by atoms with Gasteiger partial charge in [0.05, 0.1) is 19.1 Å². The van der Waals surface area contributed by atoms with E-state index < -0.39 is 17.8 Å². The van der Waals surface area contributed by atoms with E-state index in [1.54, 1.807) is 10.6 Å². The molecule has 0 saturated heterocycles. The normalized spacial score (nSPS) is 11.9. The number of nitrogens with one attached hydrogen (secondary N) is 1. The lowest BCUT2D eigenvalue weighted by Crippen LogP contribution is -2.18. The fourth-order valence-corrected chi connectivity index (χ4v) is 2.43. The molecule has 128 valence electrons. The number of benzene rings is 2. The van der Waals surface area contributed by atoms with Crippen molar-refractivity contribution in [3.63, 3.8) is 0 Å². The van der Waals surface area contributed by atoms with Crippen LogP contribution in [0.5, 0.6) is 0 Å². The number of aromatic nitrogens is 3. The lowest BCUT2D eigenvalue weighted by Gasteiger charge is -2.12. The van der Waals surface area contributed by atoms with Crippen LogP contribution in [0.15, 0.2) is 60.9 Å². The first kappa shape index (κ1) is 16.8. The molecule has 0 saturated carbocycles. The average molecular weight is 340 g/mol. The molecule has 1 aromatic heterocycles. The van der Waals surface area contributed by atoms with Gasteiger partial charge in [-0.3, -0.25) is 14.7 Å². The predicted molar refractivity (Wildman–Crippen MR) is 90.2 cm³/mol. The van der Waals surface area contributed by atoms with Crippen LogP contribution in [-0.4, -0.2) is 25.8 Å². The van der Waals surface area contributed by atoms with Crippen molar-refractivity contribution in [1.29, 1.82) is 0 Å². The summed E-state index contributed by atoms with van der Waals surface area (Å²) in [5, 5.41) is 20.4. The Labute approximate surface area is 144 Å². The van der Waals surface area contributed by atoms with Gasteiger partial charge in [-0.05, 0) is 23.3 Å². The Kier molecular flexibility index (Phi) is 5.15. The first-order valence-corrected chi connectivity index (χ1v) is 7.77. The minimum absolute atomic E-state index is 0.207. The molecule has 0 radical (unpaired) electrons. The zero-order chi connectivity index (χ0) is 17.6. The summed E-state index contributed by atoms with van der Waals surface area (Å²) in [6, 6.07) is 15.2. The van der Waals surface area contributed by atoms with E-state index in [1.807, 2.05) is 30.3 Å². The quantitative estimate of drug-likeness (QED) is 0.723. The Morgan fingerprint density at radius 3 is 2.76 bits per heavy atom. The van der Waals surface area contributed by atoms with Gasteiger partial charge in [-0.15, -0.1) is 10.2 Å². The Morgan fingerprint density at radius 2 is 2.00 bits per heavy atom. The first-order chi connectivity index (χ1) is 12.1. The molecule has 1 amide bonds. The summed E-state index contributed by atoms with van der Waals surface area (Å²) in [7, 11) is 0. The van der Waals surface area contributed by atoms with Crippen LogP contribution in [0.3, 0.4) is 0 Å². The number of aliphatic hydroxyl groups is 1. The fraction of sp³-hybridized carbons (Fsp3) is 0.167. The molecule has 0 fully saturated rings. The van der Waals surface area contributed by atoms with Crippen molar-refractivity contribution >= 4 is 11.9 Å². The lowest BCUT2D eigenvalue weighted by atomic mass is 10.1. The number of halogens is 1. The van der Waals surface area contributed by atoms with Crippen LogP contribution in [0.4, 0.5) is 10.3 Å². The molecule has 2 aromatic carbocycles. The van der Waals surface area contributed by atoms with E-state index in [0.717, 1.165) is 5.56 Å². The number of hydrogen-bond donors (Lipinski definition) is 2. The molecule has 0 spiro atoms. The Balaban J connectivity index is 1.63. The monoisotopic (exact) mass is 340 g/mol. The molecule has 0 aliphatic heterocycles. The molecule has 0 aliphatic rings. The Hall–Kier alpha value is -3.06. The van der Waals surface area contributed by atoms with Crippen molar-refractivity contribution in [2.75, 3.05) is 5.32 Å². The summed E-state index contributed by atoms with van der Waals surface area (Å²) in [5.74, 6) is -0.598. The third kappa shape index (κ3) is 4.48. The molecule has 7 heteroatoms. The van der Waals surface area contributed by atoms with E-state index in [1.165, 1.54) is 24.5 Å². The van der Waals surface area contributed by atoms with Gasteiger partial charge in [-0.2, -0.15) is 0 Å². The number of nitrogens with zero attached hydrogens (tertiary/aromatic N) is 3. The Morgan fingerprint density at radius 1 is 1.20 bits per heavy atom. The van der Waals surface area contributed by atoms with E-state index in [4.69, 9.17) is 0 Å². The van der Waals surface area contributed by atoms with Crippen molar-refractivity contribution < 1.29 is 14.3 Å². The highest BCUT2D eigenvalue weighted by Gasteiger charge is 2.16. The van der Waals surface area contributed by atoms with Gasteiger partial charge in [0, 0.05) is 0 Å². The highest BCUT2D eigenvalue weighted by atomic mass is 19.1. The van der Waals surface area contributed by atoms with Gasteiger partial charge in [0.2, 0.25) is 11.9 Å². The van der Waals surface area contributed by atoms with E-state index in [0.29, 0.717) is 18.1 Å². The van der Waals surface area contributed by atoms with E-state index in [2.05, 4.69) is 15.5 Å². The molecular weight excluding hydrogens is 323 g/mol. The maximum absolute atomic E-state index is 13.2. The SMILES string of the molecule is O=C(CC(O)c1cccc(F)c1)Nc1nncn1Cc1ccccc1. The lowest BCUT2D eigenvalue weighted by molar-refractivity contribution is -0.118. The summed E-state index contributed by atoms with van der Waals surface area (Å²) >= 11 is 0. The molecule has 0 aliphatic carbocycles. The summed E-state index contributed by atoms with van der Waals surface area (Å²) in [4.78, 5) is 12.1. The van der Waals surface area contributed by atoms with Crippen LogP contribution in [0.1, 0.15) is 23.7 Å². The van der Waals surface area contributed by atoms with Gasteiger partial charge in [0.25, 0.3) is 0 Å². The molecule has 25 heavy (non-hydrogen) atoms. The number of amides is 1. The molecule has 3 aromatic rings. The number of rotatable bonds is 6. The fourth-order valence-electron chi connectivity index (χ4n) is 2.43. The van der Waals surface area contributed by atoms with Gasteiger partial charge in [-0.1, -0.05) is 42.5 Å². The van der Waals surface area contributed by atoms with Crippen LogP contribution in [-0.2, 0) is 11.3 Å². The minimum atomic E-state index is -1.10. The van der Waals surface area contributed by atoms with Gasteiger partial charge >= 0.3 is 0 Å². The third-order valence-electron chi connectivity index (χ3n) is 3.67. The molecule has 2 N–H and O–H groups in total. The summed E-state index contributed by atoms with van der Waals surface area (Å²) in [5.41, 5.74) is 1.39. The van der Waals surface area contributed by atoms with Crippen LogP contribution >= 0.6 is 0 Å². The highest BCUT2D eigenvalue weighted by Crippen LogP contribution is 2.18. The summed E-state index contributed by atoms with van der Waals surface area (Å²) in [6.45, 7) is 0.510. The number of anilines is 1. The summed E-state index contributed by atoms with van der Waals surface area (Å²) < 4.78 is 14.9. The molecule has 6 nitrogen and oxygen atoms in total. The standard InChI is InChI=1S/C18H17FN4O2/c19-15-8-4-7-14(9-15)16(24)10-17(25)21-18-22-20-12-23(18)11-13-5-2-1-3-6-13/h1-9,12,16,24H,10-11H2,(H,21,22,25). The molecule has 1 unspecified atom stereocenters. The molecule has 1 atom stereocenters. The Bertz CT molecular complexity index is 851. The van der Waals surface area contributed by atoms with Crippen LogP contribution in [0.2, 0.25) is 0 Å². The second-order valence-corrected chi connectivity index (χ2v) is 5.59. The van der Waals surface area contributed by atoms with Crippen molar-refractivity contribution in [3.8, 4) is 0 Å². The van der Waals surface area contributed by atoms with Gasteiger partial charge in [0.15, 0.2) is 0 Å². The third-order valence-corrected chi connectivity index (χ3v) is 3.67. The molecule has 0 bridgehead atoms. The number of aliphatic hydroxyl groups excluding tert-OH is 1. The van der Waals surface area contributed by atoms with Crippen LogP contribution in [0.25, 0.3) is 0 Å². The van der Waals surface area contributed by atoms with Crippen molar-refractivity contribution in [3.05, 3.63) is 77.9 Å². The second kappa shape index (κ2) is 7.67. The van der Waals surface area contributed by atoms with Crippen molar-refractivity contribution in [1.82, 2.24) is 14.8 Å². The molecule has 1 heterocycles. The van der Waals surface area contributed by atoms with Crippen molar-refractivity contribution in [2.45, 2.75) is 19.1 Å². The van der Waals surface area contributed by atoms with Gasteiger partial charge in [0.1, 0.15) is 12.1 Å². The van der Waals surface area contributed by atoms with E-state index in [-0.39, 0.29) is 6.42 Å². The second-order valence-electron chi connectivity index (χ2n) is 5.59. The van der Waals surface area contributed by atoms with Gasteiger partial charge in [-0.25, -0.2) is 4.39 Å². The maximum atomic E-state index is 13.2. The minimum Gasteiger partial charge on any atom is -0.388 e. The zero-order valence-corrected chi connectivity index (χ0v) is 13.3. The summed E-state index contributed by atoms with van der Waals surface area (Å²) in [6.07, 6.45) is 0.217. The van der Waals surface area contributed by atoms with Crippen molar-refractivity contribution in [2.24, 2.45) is 0 Å². The smallest absolute Gasteiger partial charge is 0.231 e. The molecule has 3 rings (SSSR count). The van der Waals surface area contributed by atoms with E-state index >= 15 is 0 Å². The average Bonchev–Trinajstić information content (AvgIpc) is 3.02. The van der Waals surface area contributed by atoms with Crippen LogP contribution in [0, 0.1) is 5.82 Å². The van der Waals surface area contributed by atoms with E-state index in [9.17, 15) is 14.3 Å². The number of carbonyl (C=O) groups is 1. The first-order valence-electron chi connectivity index (χ1n) is 7.77.